The average molecular weight is 301 g/mol. The number of rotatable bonds is 5. The number of benzene rings is 1. The molecule has 2 N–H and O–H groups in total. The van der Waals surface area contributed by atoms with Crippen LogP contribution in [0.4, 0.5) is 0 Å². The molecule has 0 radical (unpaired) electrons. The largest absolute Gasteiger partial charge is 0.478 e. The van der Waals surface area contributed by atoms with E-state index in [4.69, 9.17) is 5.11 Å². The molecule has 5 heteroatoms. The number of hydrogen-bond acceptors (Lipinski definition) is 3. The minimum absolute atomic E-state index is 0.119. The van der Waals surface area contributed by atoms with E-state index in [1.165, 1.54) is 17.4 Å². The molecular formula is C16H15NO3S. The zero-order valence-electron chi connectivity index (χ0n) is 11.5. The highest BCUT2D eigenvalue weighted by atomic mass is 32.1. The smallest absolute Gasteiger partial charge is 0.328 e. The Labute approximate surface area is 126 Å². The third kappa shape index (κ3) is 4.57. The molecule has 1 amide bonds. The van der Waals surface area contributed by atoms with Crippen LogP contribution in [0, 0.1) is 6.92 Å². The lowest BCUT2D eigenvalue weighted by molar-refractivity contribution is -0.131. The predicted molar refractivity (Wildman–Crippen MR) is 83.3 cm³/mol. The number of hydrogen-bond donors (Lipinski definition) is 2. The van der Waals surface area contributed by atoms with Crippen LogP contribution in [-0.4, -0.2) is 17.0 Å². The fourth-order valence-corrected chi connectivity index (χ4v) is 2.56. The van der Waals surface area contributed by atoms with Crippen molar-refractivity contribution in [3.63, 3.8) is 0 Å². The van der Waals surface area contributed by atoms with Crippen molar-refractivity contribution in [1.29, 1.82) is 0 Å². The normalized spacial score (nSPS) is 10.7. The fraction of sp³-hybridized carbons (Fsp3) is 0.125. The van der Waals surface area contributed by atoms with E-state index >= 15 is 0 Å². The molecule has 2 aromatic rings. The Morgan fingerprint density at radius 2 is 1.90 bits per heavy atom. The predicted octanol–water partition coefficient (Wildman–Crippen LogP) is 3.08. The Hall–Kier alpha value is -2.40. The number of carbonyl (C=O) groups excluding carboxylic acids is 1. The third-order valence-corrected chi connectivity index (χ3v) is 3.86. The number of carboxylic acid groups (broad SMARTS) is 1. The Balaban J connectivity index is 1.92. The Morgan fingerprint density at radius 1 is 1.19 bits per heavy atom. The molecule has 21 heavy (non-hydrogen) atoms. The molecule has 108 valence electrons. The van der Waals surface area contributed by atoms with Crippen LogP contribution >= 0.6 is 11.3 Å². The second kappa shape index (κ2) is 6.85. The van der Waals surface area contributed by atoms with E-state index < -0.39 is 5.97 Å². The van der Waals surface area contributed by atoms with E-state index in [0.717, 1.165) is 21.4 Å². The number of aliphatic carboxylic acids is 1. The highest BCUT2D eigenvalue weighted by molar-refractivity contribution is 7.12. The van der Waals surface area contributed by atoms with Crippen LogP contribution in [0.25, 0.3) is 6.08 Å². The van der Waals surface area contributed by atoms with Crippen molar-refractivity contribution in [1.82, 2.24) is 5.32 Å². The second-order valence-corrected chi connectivity index (χ2v) is 5.72. The molecule has 1 heterocycles. The Kier molecular flexibility index (Phi) is 4.90. The maximum absolute atomic E-state index is 12.0. The molecule has 0 unspecified atom stereocenters. The van der Waals surface area contributed by atoms with Gasteiger partial charge in [-0.15, -0.1) is 11.3 Å². The number of thiophene rings is 1. The molecule has 0 saturated carbocycles. The van der Waals surface area contributed by atoms with Gasteiger partial charge in [0.2, 0.25) is 0 Å². The third-order valence-electron chi connectivity index (χ3n) is 2.81. The molecule has 0 aliphatic carbocycles. The van der Waals surface area contributed by atoms with Crippen LogP contribution in [0.2, 0.25) is 0 Å². The molecule has 1 aromatic carbocycles. The van der Waals surface area contributed by atoms with Gasteiger partial charge in [0.15, 0.2) is 0 Å². The molecule has 0 fully saturated rings. The van der Waals surface area contributed by atoms with Crippen LogP contribution < -0.4 is 5.32 Å². The number of aryl methyl sites for hydroxylation is 1. The number of nitrogens with one attached hydrogen (secondary N) is 1. The highest BCUT2D eigenvalue weighted by Gasteiger charge is 2.05. The summed E-state index contributed by atoms with van der Waals surface area (Å²) in [5.74, 6) is -1.09. The first-order valence-corrected chi connectivity index (χ1v) is 7.21. The van der Waals surface area contributed by atoms with Gasteiger partial charge in [0.05, 0.1) is 6.54 Å². The van der Waals surface area contributed by atoms with Gasteiger partial charge in [-0.25, -0.2) is 4.79 Å². The summed E-state index contributed by atoms with van der Waals surface area (Å²) in [7, 11) is 0. The maximum atomic E-state index is 12.0. The van der Waals surface area contributed by atoms with E-state index in [1.807, 2.05) is 31.2 Å². The first kappa shape index (κ1) is 15.0. The molecule has 1 aromatic heterocycles. The summed E-state index contributed by atoms with van der Waals surface area (Å²) >= 11 is 1.45. The summed E-state index contributed by atoms with van der Waals surface area (Å²) in [5, 5.41) is 11.4. The highest BCUT2D eigenvalue weighted by Crippen LogP contribution is 2.18. The van der Waals surface area contributed by atoms with Gasteiger partial charge < -0.3 is 10.4 Å². The van der Waals surface area contributed by atoms with Crippen molar-refractivity contribution in [3.8, 4) is 0 Å². The van der Waals surface area contributed by atoms with Crippen molar-refractivity contribution in [2.24, 2.45) is 0 Å². The molecule has 0 bridgehead atoms. The molecule has 4 nitrogen and oxygen atoms in total. The van der Waals surface area contributed by atoms with Crippen molar-refractivity contribution in [3.05, 3.63) is 63.4 Å². The summed E-state index contributed by atoms with van der Waals surface area (Å²) in [5.41, 5.74) is 1.74. The molecule has 0 atom stereocenters. The monoisotopic (exact) mass is 301 g/mol. The van der Waals surface area contributed by atoms with E-state index in [1.54, 1.807) is 12.1 Å². The summed E-state index contributed by atoms with van der Waals surface area (Å²) in [6.45, 7) is 2.40. The zero-order chi connectivity index (χ0) is 15.2. The van der Waals surface area contributed by atoms with Crippen LogP contribution in [0.15, 0.2) is 42.5 Å². The Bertz CT molecular complexity index is 671. The second-order valence-electron chi connectivity index (χ2n) is 4.52. The topological polar surface area (TPSA) is 66.4 Å². The van der Waals surface area contributed by atoms with E-state index in [-0.39, 0.29) is 5.91 Å². The van der Waals surface area contributed by atoms with Crippen LogP contribution in [0.3, 0.4) is 0 Å². The molecule has 0 saturated heterocycles. The van der Waals surface area contributed by atoms with E-state index in [9.17, 15) is 9.59 Å². The van der Waals surface area contributed by atoms with E-state index in [0.29, 0.717) is 12.1 Å². The maximum Gasteiger partial charge on any atom is 0.328 e. The molecular weight excluding hydrogens is 286 g/mol. The van der Waals surface area contributed by atoms with Gasteiger partial charge in [-0.1, -0.05) is 17.7 Å². The zero-order valence-corrected chi connectivity index (χ0v) is 12.3. The molecule has 0 aliphatic heterocycles. The van der Waals surface area contributed by atoms with Gasteiger partial charge in [0, 0.05) is 21.4 Å². The summed E-state index contributed by atoms with van der Waals surface area (Å²) in [4.78, 5) is 24.2. The van der Waals surface area contributed by atoms with Gasteiger partial charge in [-0.2, -0.15) is 0 Å². The SMILES string of the molecule is Cc1ccc(C(=O)NCc2ccc(C=CC(=O)O)s2)cc1. The first-order valence-electron chi connectivity index (χ1n) is 6.39. The van der Waals surface area contributed by atoms with E-state index in [2.05, 4.69) is 5.32 Å². The van der Waals surface area contributed by atoms with Crippen LogP contribution in [0.1, 0.15) is 25.7 Å². The summed E-state index contributed by atoms with van der Waals surface area (Å²) in [6, 6.07) is 11.1. The lowest BCUT2D eigenvalue weighted by Crippen LogP contribution is -2.22. The van der Waals surface area contributed by atoms with Gasteiger partial charge in [0.25, 0.3) is 5.91 Å². The first-order chi connectivity index (χ1) is 10.0. The number of carbonyl (C=O) groups is 2. The van der Waals surface area contributed by atoms with Crippen molar-refractivity contribution in [2.75, 3.05) is 0 Å². The van der Waals surface area contributed by atoms with Gasteiger partial charge in [0.1, 0.15) is 0 Å². The quantitative estimate of drug-likeness (QED) is 0.834. The van der Waals surface area contributed by atoms with Crippen molar-refractivity contribution in [2.45, 2.75) is 13.5 Å². The van der Waals surface area contributed by atoms with Gasteiger partial charge in [-0.05, 0) is 37.3 Å². The van der Waals surface area contributed by atoms with Gasteiger partial charge in [-0.3, -0.25) is 4.79 Å². The average Bonchev–Trinajstić information content (AvgIpc) is 2.91. The minimum Gasteiger partial charge on any atom is -0.478 e. The number of carboxylic acids is 1. The molecule has 0 spiro atoms. The summed E-state index contributed by atoms with van der Waals surface area (Å²) in [6.07, 6.45) is 2.64. The van der Waals surface area contributed by atoms with Crippen molar-refractivity contribution < 1.29 is 14.7 Å². The summed E-state index contributed by atoms with van der Waals surface area (Å²) < 4.78 is 0. The van der Waals surface area contributed by atoms with Gasteiger partial charge >= 0.3 is 5.97 Å². The molecule has 0 aliphatic rings. The molecule has 2 rings (SSSR count). The fourth-order valence-electron chi connectivity index (χ4n) is 1.71. The van der Waals surface area contributed by atoms with Crippen molar-refractivity contribution >= 4 is 29.3 Å². The Morgan fingerprint density at radius 3 is 2.57 bits per heavy atom. The lowest BCUT2D eigenvalue weighted by atomic mass is 10.1. The minimum atomic E-state index is -0.974. The number of amides is 1. The standard InChI is InChI=1S/C16H15NO3S/c1-11-2-4-12(5-3-11)16(20)17-10-14-7-6-13(21-14)8-9-15(18)19/h2-9H,10H2,1H3,(H,17,20)(H,18,19). The van der Waals surface area contributed by atoms with Crippen LogP contribution in [0.5, 0.6) is 0 Å². The lowest BCUT2D eigenvalue weighted by Gasteiger charge is -2.03. The van der Waals surface area contributed by atoms with Crippen LogP contribution in [-0.2, 0) is 11.3 Å².